The molecule has 1 fully saturated rings. The summed E-state index contributed by atoms with van der Waals surface area (Å²) in [5.41, 5.74) is 2.34. The molecule has 8 nitrogen and oxygen atoms in total. The summed E-state index contributed by atoms with van der Waals surface area (Å²) in [5, 5.41) is 11.7. The van der Waals surface area contributed by atoms with Gasteiger partial charge in [-0.15, -0.1) is 0 Å². The summed E-state index contributed by atoms with van der Waals surface area (Å²) in [6.07, 6.45) is 2.97. The quantitative estimate of drug-likeness (QED) is 0.541. The minimum Gasteiger partial charge on any atom is -0.481 e. The van der Waals surface area contributed by atoms with Crippen LogP contribution >= 0.6 is 0 Å². The highest BCUT2D eigenvalue weighted by Crippen LogP contribution is 2.25. The molecule has 0 unspecified atom stereocenters. The predicted octanol–water partition coefficient (Wildman–Crippen LogP) is 0.728. The normalized spacial score (nSPS) is 17.2. The number of carbonyl (C=O) groups is 2. The van der Waals surface area contributed by atoms with Crippen molar-refractivity contribution in [2.24, 2.45) is 5.92 Å². The third kappa shape index (κ3) is 4.21. The summed E-state index contributed by atoms with van der Waals surface area (Å²) in [5.74, 6) is -0.345. The average molecular weight is 336 g/mol. The summed E-state index contributed by atoms with van der Waals surface area (Å²) in [7, 11) is 3.52. The van der Waals surface area contributed by atoms with Crippen molar-refractivity contribution in [3.63, 3.8) is 0 Å². The van der Waals surface area contributed by atoms with E-state index in [9.17, 15) is 9.59 Å². The molecule has 1 saturated heterocycles. The summed E-state index contributed by atoms with van der Waals surface area (Å²) in [6, 6.07) is 1.18. The van der Waals surface area contributed by atoms with Crippen molar-refractivity contribution in [3.8, 4) is 5.88 Å². The molecule has 0 bridgehead atoms. The Morgan fingerprint density at radius 1 is 1.42 bits per heavy atom. The largest absolute Gasteiger partial charge is 0.481 e. The van der Waals surface area contributed by atoms with Crippen molar-refractivity contribution in [1.29, 1.82) is 0 Å². The fraction of sp³-hybridized carbons (Fsp3) is 0.562. The van der Waals surface area contributed by atoms with E-state index in [1.165, 1.54) is 13.3 Å². The zero-order chi connectivity index (χ0) is 17.7. The van der Waals surface area contributed by atoms with Crippen molar-refractivity contribution in [2.75, 3.05) is 27.2 Å². The van der Waals surface area contributed by atoms with Gasteiger partial charge in [0.25, 0.3) is 5.91 Å². The first-order valence-corrected chi connectivity index (χ1v) is 7.93. The second-order valence-corrected chi connectivity index (χ2v) is 6.07. The second kappa shape index (κ2) is 8.07. The van der Waals surface area contributed by atoms with Crippen molar-refractivity contribution in [3.05, 3.63) is 23.4 Å². The number of methoxy groups -OCH3 is 1. The third-order valence-corrected chi connectivity index (χ3v) is 4.35. The molecule has 0 aliphatic carbocycles. The number of carbonyl (C=O) groups excluding carboxylic acids is 2. The fourth-order valence-electron chi connectivity index (χ4n) is 2.82. The smallest absolute Gasteiger partial charge is 0.276 e. The lowest BCUT2D eigenvalue weighted by Gasteiger charge is -2.29. The van der Waals surface area contributed by atoms with Gasteiger partial charge in [0.1, 0.15) is 0 Å². The molecule has 2 amide bonds. The molecule has 2 heterocycles. The van der Waals surface area contributed by atoms with Crippen LogP contribution < -0.4 is 15.5 Å². The molecule has 3 N–H and O–H groups in total. The highest BCUT2D eigenvalue weighted by atomic mass is 16.5. The molecular weight excluding hydrogens is 312 g/mol. The van der Waals surface area contributed by atoms with Crippen molar-refractivity contribution < 1.29 is 19.5 Å². The number of nitrogens with one attached hydrogen (secondary N) is 2. The molecule has 0 saturated carbocycles. The van der Waals surface area contributed by atoms with E-state index in [0.29, 0.717) is 11.4 Å². The molecule has 0 aromatic carbocycles. The Bertz CT molecular complexity index is 600. The van der Waals surface area contributed by atoms with E-state index in [-0.39, 0.29) is 23.4 Å². The van der Waals surface area contributed by atoms with Gasteiger partial charge in [-0.3, -0.25) is 14.8 Å². The van der Waals surface area contributed by atoms with Crippen LogP contribution in [0.15, 0.2) is 12.3 Å². The second-order valence-electron chi connectivity index (χ2n) is 6.07. The number of nitrogens with zero attached hydrogens (tertiary/aromatic N) is 2. The predicted molar refractivity (Wildman–Crippen MR) is 86.8 cm³/mol. The van der Waals surface area contributed by atoms with E-state index in [1.54, 1.807) is 11.5 Å². The number of rotatable bonds is 5. The Morgan fingerprint density at radius 2 is 2.08 bits per heavy atom. The van der Waals surface area contributed by atoms with Gasteiger partial charge >= 0.3 is 0 Å². The fourth-order valence-corrected chi connectivity index (χ4v) is 2.82. The first kappa shape index (κ1) is 18.2. The number of piperidine rings is 1. The van der Waals surface area contributed by atoms with Gasteiger partial charge in [0.2, 0.25) is 11.8 Å². The Labute approximate surface area is 141 Å². The molecule has 1 aromatic rings. The number of hydrogen-bond donors (Lipinski definition) is 3. The first-order chi connectivity index (χ1) is 11.5. The van der Waals surface area contributed by atoms with Crippen LogP contribution in [0.2, 0.25) is 0 Å². The van der Waals surface area contributed by atoms with Gasteiger partial charge in [-0.05, 0) is 46.0 Å². The SMILES string of the molecule is COc1ncc(C(=O)NO)cc1[C@H](C)NC(=O)C1CCN(C)CC1. The lowest BCUT2D eigenvalue weighted by Crippen LogP contribution is -2.39. The van der Waals surface area contributed by atoms with Crippen LogP contribution in [0.3, 0.4) is 0 Å². The van der Waals surface area contributed by atoms with E-state index >= 15 is 0 Å². The lowest BCUT2D eigenvalue weighted by atomic mass is 9.95. The minimum absolute atomic E-state index is 0.00494. The summed E-state index contributed by atoms with van der Waals surface area (Å²) in [4.78, 5) is 30.3. The number of hydroxylamine groups is 1. The first-order valence-electron chi connectivity index (χ1n) is 7.93. The Morgan fingerprint density at radius 3 is 2.67 bits per heavy atom. The minimum atomic E-state index is -0.666. The molecule has 1 aliphatic heterocycles. The number of pyridine rings is 1. The summed E-state index contributed by atoms with van der Waals surface area (Å²) >= 11 is 0. The zero-order valence-corrected chi connectivity index (χ0v) is 14.2. The number of hydrogen-bond acceptors (Lipinski definition) is 6. The van der Waals surface area contributed by atoms with Crippen molar-refractivity contribution in [1.82, 2.24) is 20.7 Å². The maximum Gasteiger partial charge on any atom is 0.276 e. The Hall–Kier alpha value is -2.19. The van der Waals surface area contributed by atoms with E-state index in [4.69, 9.17) is 9.94 Å². The summed E-state index contributed by atoms with van der Waals surface area (Å²) in [6.45, 7) is 3.63. The molecule has 1 aliphatic rings. The van der Waals surface area contributed by atoms with Gasteiger partial charge in [0.15, 0.2) is 0 Å². The molecule has 1 aromatic heterocycles. The van der Waals surface area contributed by atoms with Crippen LogP contribution in [-0.4, -0.2) is 54.2 Å². The van der Waals surface area contributed by atoms with Gasteiger partial charge in [0.05, 0.1) is 18.7 Å². The molecule has 8 heteroatoms. The van der Waals surface area contributed by atoms with E-state index in [0.717, 1.165) is 25.9 Å². The standard InChI is InChI=1S/C16H24N4O4/c1-10(18-14(21)11-4-6-20(2)7-5-11)13-8-12(15(22)19-23)9-17-16(13)24-3/h8-11,23H,4-7H2,1-3H3,(H,18,21)(H,19,22)/t10-/m0/s1. The van der Waals surface area contributed by atoms with Gasteiger partial charge < -0.3 is 15.0 Å². The topological polar surface area (TPSA) is 104 Å². The number of amides is 2. The van der Waals surface area contributed by atoms with Crippen molar-refractivity contribution in [2.45, 2.75) is 25.8 Å². The maximum atomic E-state index is 12.5. The van der Waals surface area contributed by atoms with Gasteiger partial charge in [-0.2, -0.15) is 0 Å². The molecule has 0 radical (unpaired) electrons. The van der Waals surface area contributed by atoms with Gasteiger partial charge in [0, 0.05) is 17.7 Å². The van der Waals surface area contributed by atoms with Gasteiger partial charge in [-0.1, -0.05) is 0 Å². The van der Waals surface area contributed by atoms with Crippen molar-refractivity contribution >= 4 is 11.8 Å². The lowest BCUT2D eigenvalue weighted by molar-refractivity contribution is -0.127. The molecule has 24 heavy (non-hydrogen) atoms. The van der Waals surface area contributed by atoms with Crippen LogP contribution in [0.5, 0.6) is 5.88 Å². The van der Waals surface area contributed by atoms with E-state index in [1.807, 2.05) is 14.0 Å². The molecule has 132 valence electrons. The summed E-state index contributed by atoms with van der Waals surface area (Å²) < 4.78 is 5.21. The van der Waals surface area contributed by atoms with Crippen LogP contribution in [0, 0.1) is 5.92 Å². The van der Waals surface area contributed by atoms with Crippen LogP contribution in [0.4, 0.5) is 0 Å². The number of likely N-dealkylation sites (tertiary alicyclic amines) is 1. The van der Waals surface area contributed by atoms with Gasteiger partial charge in [-0.25, -0.2) is 10.5 Å². The molecule has 1 atom stereocenters. The Kier molecular flexibility index (Phi) is 6.10. The Balaban J connectivity index is 2.11. The van der Waals surface area contributed by atoms with Crippen LogP contribution in [0.25, 0.3) is 0 Å². The number of aromatic nitrogens is 1. The third-order valence-electron chi connectivity index (χ3n) is 4.35. The highest BCUT2D eigenvalue weighted by molar-refractivity contribution is 5.93. The van der Waals surface area contributed by atoms with E-state index in [2.05, 4.69) is 15.2 Å². The highest BCUT2D eigenvalue weighted by Gasteiger charge is 2.26. The zero-order valence-electron chi connectivity index (χ0n) is 14.2. The molecule has 0 spiro atoms. The van der Waals surface area contributed by atoms with Crippen LogP contribution in [-0.2, 0) is 4.79 Å². The monoisotopic (exact) mass is 336 g/mol. The molecule has 2 rings (SSSR count). The van der Waals surface area contributed by atoms with E-state index < -0.39 is 5.91 Å². The number of ether oxygens (including phenoxy) is 1. The maximum absolute atomic E-state index is 12.5. The van der Waals surface area contributed by atoms with Crippen LogP contribution in [0.1, 0.15) is 41.7 Å². The average Bonchev–Trinajstić information content (AvgIpc) is 2.60. The molecular formula is C16H24N4O4.